The molecule has 2 aliphatic carbocycles. The predicted molar refractivity (Wildman–Crippen MR) is 50.0 cm³/mol. The lowest BCUT2D eigenvalue weighted by atomic mass is 9.88. The maximum atomic E-state index is 2.58. The van der Waals surface area contributed by atoms with E-state index in [9.17, 15) is 0 Å². The Bertz CT molecular complexity index is 207. The minimum atomic E-state index is 0.865. The molecule has 1 heterocycles. The fraction of sp³-hybridized carbons (Fsp3) is 1.00. The summed E-state index contributed by atoms with van der Waals surface area (Å²) in [6.45, 7) is 3.82. The summed E-state index contributed by atoms with van der Waals surface area (Å²) >= 11 is 0. The van der Waals surface area contributed by atoms with Crippen molar-refractivity contribution in [2.24, 2.45) is 17.3 Å². The molecule has 0 amide bonds. The Labute approximate surface area is 75.1 Å². The van der Waals surface area contributed by atoms with E-state index in [0.717, 1.165) is 23.3 Å². The van der Waals surface area contributed by atoms with Crippen LogP contribution in [0.4, 0.5) is 0 Å². The van der Waals surface area contributed by atoms with Gasteiger partial charge in [0.05, 0.1) is 0 Å². The van der Waals surface area contributed by atoms with Crippen LogP contribution in [0.5, 0.6) is 0 Å². The van der Waals surface area contributed by atoms with Crippen molar-refractivity contribution < 1.29 is 0 Å². The molecule has 0 N–H and O–H groups in total. The highest BCUT2D eigenvalue weighted by molar-refractivity contribution is 5.10. The van der Waals surface area contributed by atoms with Gasteiger partial charge in [0.15, 0.2) is 0 Å². The molecular formula is C11H19N. The molecule has 1 spiro atoms. The monoisotopic (exact) mass is 165 g/mol. The fourth-order valence-corrected chi connectivity index (χ4v) is 3.79. The second-order valence-corrected chi connectivity index (χ2v) is 5.35. The summed E-state index contributed by atoms with van der Waals surface area (Å²) in [6, 6.07) is 0.870. The lowest BCUT2D eigenvalue weighted by Gasteiger charge is -2.18. The van der Waals surface area contributed by atoms with Gasteiger partial charge in [0.1, 0.15) is 0 Å². The zero-order valence-corrected chi connectivity index (χ0v) is 8.21. The van der Waals surface area contributed by atoms with E-state index >= 15 is 0 Å². The minimum absolute atomic E-state index is 0.865. The maximum Gasteiger partial charge on any atom is 0.00956 e. The van der Waals surface area contributed by atoms with Gasteiger partial charge in [0.25, 0.3) is 0 Å². The molecule has 3 aliphatic rings. The molecule has 0 bridgehead atoms. The zero-order valence-electron chi connectivity index (χ0n) is 8.21. The van der Waals surface area contributed by atoms with Crippen LogP contribution in [0, 0.1) is 17.3 Å². The van der Waals surface area contributed by atoms with Gasteiger partial charge in [-0.3, -0.25) is 0 Å². The smallest absolute Gasteiger partial charge is 0.00956 e. The third-order valence-electron chi connectivity index (χ3n) is 4.97. The number of likely N-dealkylation sites (tertiary alicyclic amines) is 1. The van der Waals surface area contributed by atoms with E-state index < -0.39 is 0 Å². The SMILES string of the molecule is C[C@@H]1[C@H]2CCC3(CC3)[C@H]2CN1C. The third kappa shape index (κ3) is 0.736. The highest BCUT2D eigenvalue weighted by Crippen LogP contribution is 2.65. The lowest BCUT2D eigenvalue weighted by molar-refractivity contribution is 0.279. The summed E-state index contributed by atoms with van der Waals surface area (Å²) in [4.78, 5) is 2.58. The zero-order chi connectivity index (χ0) is 8.34. The number of fused-ring (bicyclic) bond motifs is 2. The highest BCUT2D eigenvalue weighted by atomic mass is 15.2. The van der Waals surface area contributed by atoms with Crippen molar-refractivity contribution in [1.82, 2.24) is 4.90 Å². The van der Waals surface area contributed by atoms with Gasteiger partial charge in [-0.2, -0.15) is 0 Å². The summed E-state index contributed by atoms with van der Waals surface area (Å²) in [5.41, 5.74) is 0.865. The van der Waals surface area contributed by atoms with Gasteiger partial charge < -0.3 is 4.90 Å². The molecule has 1 aliphatic heterocycles. The van der Waals surface area contributed by atoms with Crippen molar-refractivity contribution in [3.05, 3.63) is 0 Å². The van der Waals surface area contributed by atoms with Crippen molar-refractivity contribution in [3.63, 3.8) is 0 Å². The molecule has 0 radical (unpaired) electrons. The van der Waals surface area contributed by atoms with E-state index in [1.165, 1.54) is 13.0 Å². The first-order chi connectivity index (χ1) is 5.73. The second-order valence-electron chi connectivity index (χ2n) is 5.35. The molecule has 3 rings (SSSR count). The van der Waals surface area contributed by atoms with E-state index in [0.29, 0.717) is 0 Å². The number of rotatable bonds is 0. The first kappa shape index (κ1) is 7.37. The number of hydrogen-bond donors (Lipinski definition) is 0. The van der Waals surface area contributed by atoms with Crippen LogP contribution in [0.1, 0.15) is 32.6 Å². The van der Waals surface area contributed by atoms with Gasteiger partial charge in [-0.25, -0.2) is 0 Å². The van der Waals surface area contributed by atoms with Crippen LogP contribution in [0.2, 0.25) is 0 Å². The van der Waals surface area contributed by atoms with Crippen LogP contribution < -0.4 is 0 Å². The number of hydrogen-bond acceptors (Lipinski definition) is 1. The Morgan fingerprint density at radius 3 is 2.67 bits per heavy atom. The van der Waals surface area contributed by atoms with Crippen molar-refractivity contribution in [1.29, 1.82) is 0 Å². The molecule has 0 aromatic rings. The Balaban J connectivity index is 1.88. The van der Waals surface area contributed by atoms with Crippen LogP contribution in [-0.2, 0) is 0 Å². The minimum Gasteiger partial charge on any atom is -0.303 e. The molecule has 2 saturated carbocycles. The summed E-state index contributed by atoms with van der Waals surface area (Å²) in [5.74, 6) is 2.13. The van der Waals surface area contributed by atoms with E-state index in [1.54, 1.807) is 19.3 Å². The molecule has 1 heteroatoms. The maximum absolute atomic E-state index is 2.58. The van der Waals surface area contributed by atoms with E-state index in [-0.39, 0.29) is 0 Å². The average Bonchev–Trinajstić information content (AvgIpc) is 2.67. The van der Waals surface area contributed by atoms with E-state index in [1.807, 2.05) is 0 Å². The average molecular weight is 165 g/mol. The molecule has 68 valence electrons. The topological polar surface area (TPSA) is 3.24 Å². The van der Waals surface area contributed by atoms with Crippen LogP contribution in [0.25, 0.3) is 0 Å². The molecule has 3 fully saturated rings. The largest absolute Gasteiger partial charge is 0.303 e. The van der Waals surface area contributed by atoms with Gasteiger partial charge in [-0.1, -0.05) is 0 Å². The Morgan fingerprint density at radius 1 is 1.25 bits per heavy atom. The van der Waals surface area contributed by atoms with Crippen molar-refractivity contribution in [2.75, 3.05) is 13.6 Å². The van der Waals surface area contributed by atoms with Crippen molar-refractivity contribution in [2.45, 2.75) is 38.6 Å². The van der Waals surface area contributed by atoms with Gasteiger partial charge in [0.2, 0.25) is 0 Å². The molecule has 0 aromatic heterocycles. The van der Waals surface area contributed by atoms with Crippen LogP contribution in [0.3, 0.4) is 0 Å². The van der Waals surface area contributed by atoms with Crippen LogP contribution >= 0.6 is 0 Å². The Hall–Kier alpha value is -0.0400. The second kappa shape index (κ2) is 2.06. The summed E-state index contributed by atoms with van der Waals surface area (Å²) in [6.07, 6.45) is 6.18. The van der Waals surface area contributed by atoms with Gasteiger partial charge >= 0.3 is 0 Å². The molecule has 0 aromatic carbocycles. The Morgan fingerprint density at radius 2 is 2.00 bits per heavy atom. The number of nitrogens with zero attached hydrogens (tertiary/aromatic N) is 1. The molecule has 0 unspecified atom stereocenters. The quantitative estimate of drug-likeness (QED) is 0.531. The fourth-order valence-electron chi connectivity index (χ4n) is 3.79. The molecule has 3 atom stereocenters. The molecule has 1 nitrogen and oxygen atoms in total. The van der Waals surface area contributed by atoms with Gasteiger partial charge in [-0.05, 0) is 56.9 Å². The van der Waals surface area contributed by atoms with Crippen LogP contribution in [0.15, 0.2) is 0 Å². The highest BCUT2D eigenvalue weighted by Gasteiger charge is 2.59. The third-order valence-corrected chi connectivity index (χ3v) is 4.97. The molecule has 1 saturated heterocycles. The normalized spacial score (nSPS) is 50.0. The van der Waals surface area contributed by atoms with E-state index in [2.05, 4.69) is 18.9 Å². The van der Waals surface area contributed by atoms with Crippen molar-refractivity contribution in [3.8, 4) is 0 Å². The van der Waals surface area contributed by atoms with E-state index in [4.69, 9.17) is 0 Å². The Kier molecular flexibility index (Phi) is 1.27. The summed E-state index contributed by atoms with van der Waals surface area (Å²) in [7, 11) is 2.30. The first-order valence-electron chi connectivity index (χ1n) is 5.43. The summed E-state index contributed by atoms with van der Waals surface area (Å²) < 4.78 is 0. The predicted octanol–water partition coefficient (Wildman–Crippen LogP) is 2.13. The molecular weight excluding hydrogens is 146 g/mol. The van der Waals surface area contributed by atoms with Gasteiger partial charge in [-0.15, -0.1) is 0 Å². The van der Waals surface area contributed by atoms with Crippen LogP contribution in [-0.4, -0.2) is 24.5 Å². The standard InChI is InChI=1S/C11H19N/c1-8-9-3-4-11(5-6-11)10(9)7-12(8)2/h8-10H,3-7H2,1-2H3/t8-,9-,10+/m1/s1. The lowest BCUT2D eigenvalue weighted by Crippen LogP contribution is -2.25. The van der Waals surface area contributed by atoms with Crippen molar-refractivity contribution >= 4 is 0 Å². The molecule has 12 heavy (non-hydrogen) atoms. The van der Waals surface area contributed by atoms with Gasteiger partial charge in [0, 0.05) is 12.6 Å². The first-order valence-corrected chi connectivity index (χ1v) is 5.43. The summed E-state index contributed by atoms with van der Waals surface area (Å²) in [5, 5.41) is 0.